The van der Waals surface area contributed by atoms with Crippen LogP contribution < -0.4 is 5.32 Å². The molecule has 4 rings (SSSR count). The van der Waals surface area contributed by atoms with E-state index in [0.717, 1.165) is 36.2 Å². The van der Waals surface area contributed by atoms with Crippen molar-refractivity contribution in [2.75, 3.05) is 18.4 Å². The van der Waals surface area contributed by atoms with Crippen LogP contribution >= 0.6 is 11.3 Å². The molecule has 7 nitrogen and oxygen atoms in total. The lowest BCUT2D eigenvalue weighted by atomic mass is 10.2. The number of hydrogen-bond donors (Lipinski definition) is 2. The van der Waals surface area contributed by atoms with E-state index >= 15 is 0 Å². The molecule has 0 aliphatic carbocycles. The van der Waals surface area contributed by atoms with Gasteiger partial charge in [-0.25, -0.2) is 4.98 Å². The van der Waals surface area contributed by atoms with Gasteiger partial charge in [0.15, 0.2) is 10.8 Å². The Morgan fingerprint density at radius 3 is 2.92 bits per heavy atom. The first-order valence-electron chi connectivity index (χ1n) is 8.65. The topological polar surface area (TPSA) is 83.1 Å². The number of nitrogens with one attached hydrogen (secondary N) is 2. The highest BCUT2D eigenvalue weighted by Gasteiger charge is 2.23. The molecule has 0 bridgehead atoms. The summed E-state index contributed by atoms with van der Waals surface area (Å²) in [4.78, 5) is 19.4. The number of rotatable bonds is 4. The molecule has 0 spiro atoms. The van der Waals surface area contributed by atoms with Crippen molar-refractivity contribution in [1.82, 2.24) is 20.1 Å². The first-order valence-corrected chi connectivity index (χ1v) is 9.53. The molecule has 1 aliphatic heterocycles. The van der Waals surface area contributed by atoms with Crippen molar-refractivity contribution >= 4 is 33.3 Å². The third-order valence-electron chi connectivity index (χ3n) is 4.34. The zero-order valence-corrected chi connectivity index (χ0v) is 15.5. The number of carbonyl (C=O) groups excluding carboxylic acids is 1. The third-order valence-corrected chi connectivity index (χ3v) is 5.15. The molecule has 0 saturated carbocycles. The second-order valence-electron chi connectivity index (χ2n) is 6.67. The van der Waals surface area contributed by atoms with E-state index in [1.807, 2.05) is 29.6 Å². The Hall–Kier alpha value is -2.29. The Kier molecular flexibility index (Phi) is 4.71. The fourth-order valence-corrected chi connectivity index (χ4v) is 4.07. The normalized spacial score (nSPS) is 21.2. The van der Waals surface area contributed by atoms with E-state index in [0.29, 0.717) is 10.8 Å². The molecule has 0 unspecified atom stereocenters. The van der Waals surface area contributed by atoms with Gasteiger partial charge in [0.1, 0.15) is 0 Å². The van der Waals surface area contributed by atoms with Crippen LogP contribution in [-0.2, 0) is 11.3 Å². The maximum Gasteiger partial charge on any atom is 0.278 e. The standard InChI is InChI=1S/C18H21N5O2S/c1-11-7-23(8-12(2)25-11)9-13-10-26-18(19-13)20-17(24)16-14-5-3-4-6-15(14)21-22-16/h3-6,10-12H,7-9H2,1-2H3,(H,21,22)(H,19,20,24)/t11-,12-/m1/s1. The van der Waals surface area contributed by atoms with E-state index in [-0.39, 0.29) is 18.1 Å². The van der Waals surface area contributed by atoms with Crippen molar-refractivity contribution in [3.63, 3.8) is 0 Å². The number of benzene rings is 1. The minimum atomic E-state index is -0.253. The maximum atomic E-state index is 12.5. The summed E-state index contributed by atoms with van der Waals surface area (Å²) in [5.74, 6) is -0.253. The van der Waals surface area contributed by atoms with Crippen LogP contribution in [0.15, 0.2) is 29.6 Å². The fraction of sp³-hybridized carbons (Fsp3) is 0.389. The molecule has 3 aromatic rings. The molecule has 2 N–H and O–H groups in total. The number of morpholine rings is 1. The Morgan fingerprint density at radius 2 is 2.12 bits per heavy atom. The highest BCUT2D eigenvalue weighted by Crippen LogP contribution is 2.21. The summed E-state index contributed by atoms with van der Waals surface area (Å²) in [7, 11) is 0. The van der Waals surface area contributed by atoms with Gasteiger partial charge in [-0.05, 0) is 19.9 Å². The molecule has 0 radical (unpaired) electrons. The number of aromatic amines is 1. The summed E-state index contributed by atoms with van der Waals surface area (Å²) in [6.07, 6.45) is 0.453. The molecule has 2 aromatic heterocycles. The number of para-hydroxylation sites is 1. The van der Waals surface area contributed by atoms with Gasteiger partial charge in [0.25, 0.3) is 5.91 Å². The average molecular weight is 371 g/mol. The Balaban J connectivity index is 1.42. The number of nitrogens with zero attached hydrogens (tertiary/aromatic N) is 3. The lowest BCUT2D eigenvalue weighted by Gasteiger charge is -2.34. The Morgan fingerprint density at radius 1 is 1.35 bits per heavy atom. The molecule has 1 saturated heterocycles. The smallest absolute Gasteiger partial charge is 0.278 e. The molecule has 26 heavy (non-hydrogen) atoms. The van der Waals surface area contributed by atoms with Crippen molar-refractivity contribution in [1.29, 1.82) is 0 Å². The SMILES string of the molecule is C[C@@H]1CN(Cc2csc(NC(=O)c3n[nH]c4ccccc34)n2)C[C@@H](C)O1. The van der Waals surface area contributed by atoms with Gasteiger partial charge in [-0.3, -0.25) is 20.1 Å². The summed E-state index contributed by atoms with van der Waals surface area (Å²) >= 11 is 1.43. The second kappa shape index (κ2) is 7.14. The predicted octanol–water partition coefficient (Wildman–Crippen LogP) is 2.88. The van der Waals surface area contributed by atoms with E-state index in [9.17, 15) is 4.79 Å². The van der Waals surface area contributed by atoms with Gasteiger partial charge in [-0.2, -0.15) is 5.10 Å². The molecule has 1 fully saturated rings. The summed E-state index contributed by atoms with van der Waals surface area (Å²) in [6, 6.07) is 7.57. The molecule has 3 heterocycles. The van der Waals surface area contributed by atoms with Crippen LogP contribution in [0.3, 0.4) is 0 Å². The number of fused-ring (bicyclic) bond motifs is 1. The van der Waals surface area contributed by atoms with E-state index in [4.69, 9.17) is 4.74 Å². The lowest BCUT2D eigenvalue weighted by molar-refractivity contribution is -0.0707. The minimum Gasteiger partial charge on any atom is -0.373 e. The predicted molar refractivity (Wildman–Crippen MR) is 101 cm³/mol. The van der Waals surface area contributed by atoms with Crippen LogP contribution in [0.5, 0.6) is 0 Å². The maximum absolute atomic E-state index is 12.5. The van der Waals surface area contributed by atoms with Crippen LogP contribution in [0, 0.1) is 0 Å². The number of ether oxygens (including phenoxy) is 1. The van der Waals surface area contributed by atoms with Gasteiger partial charge >= 0.3 is 0 Å². The van der Waals surface area contributed by atoms with E-state index in [1.54, 1.807) is 0 Å². The van der Waals surface area contributed by atoms with Crippen molar-refractivity contribution in [3.8, 4) is 0 Å². The van der Waals surface area contributed by atoms with Crippen molar-refractivity contribution in [2.45, 2.75) is 32.6 Å². The molecular formula is C18H21N5O2S. The van der Waals surface area contributed by atoms with Crippen LogP contribution in [-0.4, -0.2) is 51.3 Å². The summed E-state index contributed by atoms with van der Waals surface area (Å²) in [5, 5.41) is 13.2. The number of aromatic nitrogens is 3. The number of carbonyl (C=O) groups is 1. The Labute approximate surface area is 155 Å². The fourth-order valence-electron chi connectivity index (χ4n) is 3.37. The number of H-pyrrole nitrogens is 1. The zero-order valence-electron chi connectivity index (χ0n) is 14.7. The summed E-state index contributed by atoms with van der Waals surface area (Å²) in [5.41, 5.74) is 2.18. The van der Waals surface area contributed by atoms with Crippen LogP contribution in [0.1, 0.15) is 30.0 Å². The molecular weight excluding hydrogens is 350 g/mol. The van der Waals surface area contributed by atoms with Gasteiger partial charge in [-0.15, -0.1) is 11.3 Å². The lowest BCUT2D eigenvalue weighted by Crippen LogP contribution is -2.44. The van der Waals surface area contributed by atoms with Gasteiger partial charge in [0, 0.05) is 30.4 Å². The van der Waals surface area contributed by atoms with Gasteiger partial charge in [-0.1, -0.05) is 18.2 Å². The average Bonchev–Trinajstić information content (AvgIpc) is 3.20. The van der Waals surface area contributed by atoms with Gasteiger partial charge in [0.2, 0.25) is 0 Å². The number of thiazole rings is 1. The largest absolute Gasteiger partial charge is 0.373 e. The quantitative estimate of drug-likeness (QED) is 0.737. The van der Waals surface area contributed by atoms with Gasteiger partial charge in [0.05, 0.1) is 23.4 Å². The molecule has 1 aliphatic rings. The number of amides is 1. The van der Waals surface area contributed by atoms with Crippen LogP contribution in [0.4, 0.5) is 5.13 Å². The van der Waals surface area contributed by atoms with Crippen molar-refractivity contribution in [2.24, 2.45) is 0 Å². The first-order chi connectivity index (χ1) is 12.6. The number of anilines is 1. The monoisotopic (exact) mass is 371 g/mol. The van der Waals surface area contributed by atoms with Crippen molar-refractivity contribution in [3.05, 3.63) is 41.0 Å². The number of hydrogen-bond acceptors (Lipinski definition) is 6. The molecule has 1 amide bonds. The highest BCUT2D eigenvalue weighted by atomic mass is 32.1. The summed E-state index contributed by atoms with van der Waals surface area (Å²) < 4.78 is 5.76. The van der Waals surface area contributed by atoms with Crippen LogP contribution in [0.25, 0.3) is 10.9 Å². The molecule has 136 valence electrons. The zero-order chi connectivity index (χ0) is 18.1. The summed E-state index contributed by atoms with van der Waals surface area (Å²) in [6.45, 7) is 6.72. The highest BCUT2D eigenvalue weighted by molar-refractivity contribution is 7.14. The van der Waals surface area contributed by atoms with Crippen molar-refractivity contribution < 1.29 is 9.53 Å². The molecule has 2 atom stereocenters. The van der Waals surface area contributed by atoms with E-state index in [2.05, 4.69) is 39.2 Å². The third kappa shape index (κ3) is 3.62. The molecule has 1 aromatic carbocycles. The minimum absolute atomic E-state index is 0.226. The molecule has 8 heteroatoms. The Bertz CT molecular complexity index is 911. The van der Waals surface area contributed by atoms with E-state index < -0.39 is 0 Å². The van der Waals surface area contributed by atoms with Crippen LogP contribution in [0.2, 0.25) is 0 Å². The van der Waals surface area contributed by atoms with E-state index in [1.165, 1.54) is 11.3 Å². The van der Waals surface area contributed by atoms with Gasteiger partial charge < -0.3 is 4.74 Å². The first kappa shape index (κ1) is 17.1. The second-order valence-corrected chi connectivity index (χ2v) is 7.53.